The first kappa shape index (κ1) is 26.6. The maximum absolute atomic E-state index is 13.1. The highest BCUT2D eigenvalue weighted by atomic mass is 35.5. The van der Waals surface area contributed by atoms with Crippen molar-refractivity contribution in [3.8, 4) is 6.07 Å². The molecule has 0 aliphatic carbocycles. The number of rotatable bonds is 5. The van der Waals surface area contributed by atoms with Gasteiger partial charge in [0.1, 0.15) is 5.69 Å². The van der Waals surface area contributed by atoms with Crippen LogP contribution in [-0.2, 0) is 10.0 Å². The Morgan fingerprint density at radius 3 is 2.37 bits per heavy atom. The minimum absolute atomic E-state index is 0.0664. The van der Waals surface area contributed by atoms with Crippen LogP contribution in [0.25, 0.3) is 0 Å². The molecule has 3 aromatic rings. The average Bonchev–Trinajstić information content (AvgIpc) is 3.45. The number of benzene rings is 2. The van der Waals surface area contributed by atoms with Crippen molar-refractivity contribution in [2.24, 2.45) is 0 Å². The van der Waals surface area contributed by atoms with Crippen LogP contribution in [-0.4, -0.2) is 67.8 Å². The fourth-order valence-corrected chi connectivity index (χ4v) is 7.58. The van der Waals surface area contributed by atoms with Crippen molar-refractivity contribution in [2.75, 3.05) is 44.2 Å². The molecule has 3 heterocycles. The van der Waals surface area contributed by atoms with E-state index in [0.29, 0.717) is 68.4 Å². The van der Waals surface area contributed by atoms with E-state index in [1.54, 1.807) is 12.1 Å². The van der Waals surface area contributed by atoms with Gasteiger partial charge in [-0.25, -0.2) is 13.4 Å². The molecule has 11 heteroatoms. The van der Waals surface area contributed by atoms with Crippen molar-refractivity contribution in [1.82, 2.24) is 14.2 Å². The van der Waals surface area contributed by atoms with E-state index in [2.05, 4.69) is 16.0 Å². The molecule has 0 unspecified atom stereocenters. The molecule has 2 fully saturated rings. The van der Waals surface area contributed by atoms with Crippen molar-refractivity contribution in [3.63, 3.8) is 0 Å². The second-order valence-electron chi connectivity index (χ2n) is 9.60. The summed E-state index contributed by atoms with van der Waals surface area (Å²) in [5.74, 6) is 0.0612. The van der Waals surface area contributed by atoms with Crippen LogP contribution in [0.1, 0.15) is 45.4 Å². The third-order valence-electron chi connectivity index (χ3n) is 7.25. The predicted octanol–water partition coefficient (Wildman–Crippen LogP) is 4.51. The molecule has 1 amide bonds. The third kappa shape index (κ3) is 5.43. The van der Waals surface area contributed by atoms with Gasteiger partial charge in [-0.15, -0.1) is 11.3 Å². The Balaban J connectivity index is 1.16. The highest BCUT2D eigenvalue weighted by Gasteiger charge is 2.32. The van der Waals surface area contributed by atoms with Crippen LogP contribution in [0.2, 0.25) is 5.02 Å². The molecule has 0 saturated carbocycles. The quantitative estimate of drug-likeness (QED) is 0.448. The van der Waals surface area contributed by atoms with E-state index in [-0.39, 0.29) is 16.7 Å². The first-order chi connectivity index (χ1) is 18.3. The van der Waals surface area contributed by atoms with Gasteiger partial charge in [0.15, 0.2) is 0 Å². The molecule has 198 valence electrons. The average molecular weight is 570 g/mol. The number of piperazine rings is 1. The van der Waals surface area contributed by atoms with Gasteiger partial charge in [-0.05, 0) is 61.7 Å². The summed E-state index contributed by atoms with van der Waals surface area (Å²) in [6.07, 6.45) is 1.31. The van der Waals surface area contributed by atoms with Crippen LogP contribution >= 0.6 is 22.9 Å². The molecule has 2 aromatic carbocycles. The van der Waals surface area contributed by atoms with Crippen LogP contribution in [0.3, 0.4) is 0 Å². The van der Waals surface area contributed by atoms with Gasteiger partial charge in [0, 0.05) is 61.3 Å². The van der Waals surface area contributed by atoms with Gasteiger partial charge in [-0.3, -0.25) is 4.79 Å². The highest BCUT2D eigenvalue weighted by molar-refractivity contribution is 7.89. The van der Waals surface area contributed by atoms with E-state index in [1.165, 1.54) is 21.7 Å². The Hall–Kier alpha value is -2.97. The minimum Gasteiger partial charge on any atom is -0.368 e. The molecule has 5 rings (SSSR count). The maximum Gasteiger partial charge on any atom is 0.273 e. The summed E-state index contributed by atoms with van der Waals surface area (Å²) < 4.78 is 27.7. The van der Waals surface area contributed by atoms with Gasteiger partial charge in [0.25, 0.3) is 5.91 Å². The zero-order valence-corrected chi connectivity index (χ0v) is 23.4. The maximum atomic E-state index is 13.1. The van der Waals surface area contributed by atoms with Gasteiger partial charge < -0.3 is 9.80 Å². The number of carbonyl (C=O) groups is 1. The van der Waals surface area contributed by atoms with E-state index in [0.717, 1.165) is 16.3 Å². The number of hydrogen-bond acceptors (Lipinski definition) is 7. The first-order valence-corrected chi connectivity index (χ1v) is 15.2. The lowest BCUT2D eigenvalue weighted by molar-refractivity contribution is 0.0741. The molecule has 0 spiro atoms. The van der Waals surface area contributed by atoms with Crippen LogP contribution < -0.4 is 4.90 Å². The number of anilines is 1. The first-order valence-electron chi connectivity index (χ1n) is 12.5. The molecule has 0 N–H and O–H groups in total. The lowest BCUT2D eigenvalue weighted by Crippen LogP contribution is -2.48. The molecule has 2 saturated heterocycles. The van der Waals surface area contributed by atoms with E-state index >= 15 is 0 Å². The van der Waals surface area contributed by atoms with Crippen molar-refractivity contribution >= 4 is 44.6 Å². The predicted molar refractivity (Wildman–Crippen MR) is 148 cm³/mol. The summed E-state index contributed by atoms with van der Waals surface area (Å²) in [6, 6.07) is 14.5. The number of hydrogen-bond donors (Lipinski definition) is 0. The number of carbonyl (C=O) groups excluding carboxylic acids is 1. The minimum atomic E-state index is -3.61. The molecule has 38 heavy (non-hydrogen) atoms. The van der Waals surface area contributed by atoms with Crippen molar-refractivity contribution in [2.45, 2.75) is 30.6 Å². The second-order valence-corrected chi connectivity index (χ2v) is 12.8. The summed E-state index contributed by atoms with van der Waals surface area (Å²) in [6.45, 7) is 5.28. The number of halogens is 1. The van der Waals surface area contributed by atoms with Crippen molar-refractivity contribution in [1.29, 1.82) is 5.26 Å². The largest absolute Gasteiger partial charge is 0.368 e. The number of aryl methyl sites for hydroxylation is 1. The smallest absolute Gasteiger partial charge is 0.273 e. The number of aromatic nitrogens is 1. The zero-order valence-electron chi connectivity index (χ0n) is 21.0. The molecule has 2 aliphatic rings. The molecule has 1 aromatic heterocycles. The highest BCUT2D eigenvalue weighted by Crippen LogP contribution is 2.33. The van der Waals surface area contributed by atoms with E-state index < -0.39 is 10.0 Å². The summed E-state index contributed by atoms with van der Waals surface area (Å²) >= 11 is 7.64. The Kier molecular flexibility index (Phi) is 7.73. The lowest BCUT2D eigenvalue weighted by atomic mass is 9.99. The van der Waals surface area contributed by atoms with E-state index in [1.807, 2.05) is 41.5 Å². The van der Waals surface area contributed by atoms with Gasteiger partial charge >= 0.3 is 0 Å². The number of nitriles is 1. The van der Waals surface area contributed by atoms with Crippen LogP contribution in [0, 0.1) is 18.3 Å². The Morgan fingerprint density at radius 1 is 1.05 bits per heavy atom. The van der Waals surface area contributed by atoms with Crippen LogP contribution in [0.15, 0.2) is 52.7 Å². The normalized spacial score (nSPS) is 17.4. The monoisotopic (exact) mass is 569 g/mol. The van der Waals surface area contributed by atoms with Gasteiger partial charge in [-0.2, -0.15) is 9.57 Å². The summed E-state index contributed by atoms with van der Waals surface area (Å²) in [5.41, 5.74) is 2.98. The molecule has 0 bridgehead atoms. The van der Waals surface area contributed by atoms with E-state index in [9.17, 15) is 13.2 Å². The molecule has 8 nitrogen and oxygen atoms in total. The molecular formula is C27H28ClN5O3S2. The SMILES string of the molecule is Cc1ccc(S(=O)(=O)N2CCC(c3nc(C(=O)N4CCN(c5ccc(C#N)cc5)CC4)cs3)CC2)cc1Cl. The topological polar surface area (TPSA) is 97.6 Å². The van der Waals surface area contributed by atoms with Gasteiger partial charge in [0.05, 0.1) is 21.5 Å². The number of nitrogens with zero attached hydrogens (tertiary/aromatic N) is 5. The lowest BCUT2D eigenvalue weighted by Gasteiger charge is -2.35. The fraction of sp³-hybridized carbons (Fsp3) is 0.370. The number of thiazole rings is 1. The Morgan fingerprint density at radius 2 is 1.74 bits per heavy atom. The van der Waals surface area contributed by atoms with Crippen LogP contribution in [0.5, 0.6) is 0 Å². The van der Waals surface area contributed by atoms with Gasteiger partial charge in [-0.1, -0.05) is 17.7 Å². The second kappa shape index (κ2) is 11.0. The molecule has 0 radical (unpaired) electrons. The van der Waals surface area contributed by atoms with Crippen LogP contribution in [0.4, 0.5) is 5.69 Å². The van der Waals surface area contributed by atoms with E-state index in [4.69, 9.17) is 16.9 Å². The summed E-state index contributed by atoms with van der Waals surface area (Å²) in [5, 5.41) is 12.1. The van der Waals surface area contributed by atoms with Crippen molar-refractivity contribution in [3.05, 3.63) is 74.7 Å². The van der Waals surface area contributed by atoms with Gasteiger partial charge in [0.2, 0.25) is 10.0 Å². The number of sulfonamides is 1. The number of piperidine rings is 1. The summed E-state index contributed by atoms with van der Waals surface area (Å²) in [4.78, 5) is 22.1. The van der Waals surface area contributed by atoms with Crippen molar-refractivity contribution < 1.29 is 13.2 Å². The Bertz CT molecular complexity index is 1470. The summed E-state index contributed by atoms with van der Waals surface area (Å²) in [7, 11) is -3.61. The standard InChI is InChI=1S/C27H28ClN5O3S2/c1-19-2-7-23(16-24(19)28)38(35,36)33-10-8-21(9-11-33)26-30-25(18-37-26)27(34)32-14-12-31(13-15-32)22-5-3-20(17-29)4-6-22/h2-7,16,18,21H,8-15H2,1H3. The molecular weight excluding hydrogens is 542 g/mol. The third-order valence-corrected chi connectivity index (χ3v) is 10.6. The molecule has 0 atom stereocenters. The zero-order chi connectivity index (χ0) is 26.9. The Labute approximate surface area is 232 Å². The number of amides is 1. The fourth-order valence-electron chi connectivity index (χ4n) is 4.88. The molecule has 2 aliphatic heterocycles.